The third kappa shape index (κ3) is 19.2. The molecule has 0 amide bonds. The van der Waals surface area contributed by atoms with Crippen LogP contribution in [0.3, 0.4) is 0 Å². The van der Waals surface area contributed by atoms with Gasteiger partial charge in [-0.3, -0.25) is 4.79 Å². The molecule has 0 saturated heterocycles. The van der Waals surface area contributed by atoms with Gasteiger partial charge in [0.1, 0.15) is 6.10 Å². The van der Waals surface area contributed by atoms with E-state index in [1.54, 1.807) is 0 Å². The van der Waals surface area contributed by atoms with Gasteiger partial charge >= 0.3 is 5.97 Å². The fraction of sp³-hybridized carbons (Fsp3) is 0.864. The van der Waals surface area contributed by atoms with Crippen molar-refractivity contribution in [1.29, 1.82) is 0 Å². The summed E-state index contributed by atoms with van der Waals surface area (Å²) >= 11 is 0. The first-order valence-corrected chi connectivity index (χ1v) is 10.5. The lowest BCUT2D eigenvalue weighted by Gasteiger charge is -2.11. The van der Waals surface area contributed by atoms with Gasteiger partial charge in [0.15, 0.2) is 0 Å². The number of carbonyl (C=O) groups is 1. The number of rotatable bonds is 17. The van der Waals surface area contributed by atoms with Gasteiger partial charge in [-0.15, -0.1) is 5.92 Å². The normalized spacial score (nSPS) is 11.8. The Labute approximate surface area is 155 Å². The van der Waals surface area contributed by atoms with Crippen molar-refractivity contribution in [2.24, 2.45) is 0 Å². The van der Waals surface area contributed by atoms with Crippen LogP contribution >= 0.6 is 0 Å². The van der Waals surface area contributed by atoms with Gasteiger partial charge in [-0.05, 0) is 19.3 Å². The summed E-state index contributed by atoms with van der Waals surface area (Å²) in [6.07, 6.45) is 16.3. The minimum Gasteiger partial charge on any atom is -0.481 e. The molecule has 0 heterocycles. The lowest BCUT2D eigenvalue weighted by Crippen LogP contribution is -2.13. The van der Waals surface area contributed by atoms with E-state index >= 15 is 0 Å². The van der Waals surface area contributed by atoms with Crippen molar-refractivity contribution >= 4 is 5.97 Å². The maximum atomic E-state index is 10.8. The van der Waals surface area contributed by atoms with Crippen LogP contribution in [0.1, 0.15) is 110 Å². The zero-order valence-corrected chi connectivity index (χ0v) is 16.7. The number of hydrogen-bond donors (Lipinski definition) is 1. The van der Waals surface area contributed by atoms with Gasteiger partial charge < -0.3 is 9.84 Å². The van der Waals surface area contributed by atoms with E-state index in [9.17, 15) is 4.79 Å². The molecule has 3 heteroatoms. The standard InChI is InChI=1S/C22H40O3/c1-3-5-7-9-11-12-13-15-17-21(18-19-22(23)24)25-20-16-14-10-8-6-4-2/h21H,3-14,16,18-20H2,1-2H3,(H,23,24)/t21-/m0/s1. The molecular formula is C22H40O3. The molecule has 3 nitrogen and oxygen atoms in total. The molecular weight excluding hydrogens is 312 g/mol. The van der Waals surface area contributed by atoms with Crippen molar-refractivity contribution in [2.45, 2.75) is 116 Å². The zero-order valence-electron chi connectivity index (χ0n) is 16.7. The Balaban J connectivity index is 3.89. The lowest BCUT2D eigenvalue weighted by atomic mass is 10.1. The molecule has 0 aliphatic carbocycles. The highest BCUT2D eigenvalue weighted by Gasteiger charge is 2.08. The van der Waals surface area contributed by atoms with Crippen molar-refractivity contribution in [3.8, 4) is 11.8 Å². The summed E-state index contributed by atoms with van der Waals surface area (Å²) in [7, 11) is 0. The van der Waals surface area contributed by atoms with Crippen molar-refractivity contribution in [3.05, 3.63) is 0 Å². The van der Waals surface area contributed by atoms with Crippen molar-refractivity contribution in [2.75, 3.05) is 6.61 Å². The van der Waals surface area contributed by atoms with Crippen LogP contribution in [0.5, 0.6) is 0 Å². The molecule has 0 saturated carbocycles. The minimum absolute atomic E-state index is 0.132. The second-order valence-corrected chi connectivity index (χ2v) is 6.90. The van der Waals surface area contributed by atoms with Crippen molar-refractivity contribution in [3.63, 3.8) is 0 Å². The zero-order chi connectivity index (χ0) is 18.6. The first-order chi connectivity index (χ1) is 12.2. The van der Waals surface area contributed by atoms with E-state index in [0.717, 1.165) is 19.3 Å². The maximum Gasteiger partial charge on any atom is 0.303 e. The topological polar surface area (TPSA) is 46.5 Å². The van der Waals surface area contributed by atoms with E-state index < -0.39 is 5.97 Å². The monoisotopic (exact) mass is 352 g/mol. The van der Waals surface area contributed by atoms with Crippen molar-refractivity contribution < 1.29 is 14.6 Å². The predicted octanol–water partition coefficient (Wildman–Crippen LogP) is 6.35. The van der Waals surface area contributed by atoms with Crippen LogP contribution in [-0.4, -0.2) is 23.8 Å². The van der Waals surface area contributed by atoms with Gasteiger partial charge in [0, 0.05) is 19.4 Å². The fourth-order valence-corrected chi connectivity index (χ4v) is 2.74. The fourth-order valence-electron chi connectivity index (χ4n) is 2.74. The maximum absolute atomic E-state index is 10.8. The highest BCUT2D eigenvalue weighted by atomic mass is 16.5. The quantitative estimate of drug-likeness (QED) is 0.245. The Kier molecular flexibility index (Phi) is 18.5. The van der Waals surface area contributed by atoms with E-state index in [-0.39, 0.29) is 12.5 Å². The first kappa shape index (κ1) is 24.0. The molecule has 25 heavy (non-hydrogen) atoms. The Morgan fingerprint density at radius 1 is 0.880 bits per heavy atom. The van der Waals surface area contributed by atoms with Gasteiger partial charge in [0.25, 0.3) is 0 Å². The molecule has 1 N–H and O–H groups in total. The minimum atomic E-state index is -0.772. The summed E-state index contributed by atoms with van der Waals surface area (Å²) in [6, 6.07) is 0. The predicted molar refractivity (Wildman–Crippen MR) is 106 cm³/mol. The van der Waals surface area contributed by atoms with Crippen LogP contribution in [0.4, 0.5) is 0 Å². The summed E-state index contributed by atoms with van der Waals surface area (Å²) < 4.78 is 5.82. The molecule has 0 rings (SSSR count). The van der Waals surface area contributed by atoms with Gasteiger partial charge in [-0.1, -0.05) is 84.0 Å². The van der Waals surface area contributed by atoms with Crippen LogP contribution in [0.2, 0.25) is 0 Å². The average molecular weight is 353 g/mol. The molecule has 146 valence electrons. The SMILES string of the molecule is CCCCCCCCC#C[C@@H](CCC(=O)O)OCCCCCCCC. The molecule has 0 radical (unpaired) electrons. The highest BCUT2D eigenvalue weighted by molar-refractivity contribution is 5.66. The summed E-state index contributed by atoms with van der Waals surface area (Å²) in [6.45, 7) is 5.15. The van der Waals surface area contributed by atoms with Gasteiger partial charge in [-0.25, -0.2) is 0 Å². The Hall–Kier alpha value is -1.01. The highest BCUT2D eigenvalue weighted by Crippen LogP contribution is 2.09. The largest absolute Gasteiger partial charge is 0.481 e. The molecule has 0 aliphatic heterocycles. The van der Waals surface area contributed by atoms with E-state index in [1.807, 2.05) is 0 Å². The Bertz CT molecular complexity index is 354. The van der Waals surface area contributed by atoms with Gasteiger partial charge in [0.2, 0.25) is 0 Å². The molecule has 0 fully saturated rings. The smallest absolute Gasteiger partial charge is 0.303 e. The summed E-state index contributed by atoms with van der Waals surface area (Å²) in [4.78, 5) is 10.8. The van der Waals surface area contributed by atoms with Gasteiger partial charge in [-0.2, -0.15) is 0 Å². The molecule has 0 aromatic rings. The van der Waals surface area contributed by atoms with Crippen LogP contribution in [0, 0.1) is 11.8 Å². The van der Waals surface area contributed by atoms with Crippen LogP contribution in [0.15, 0.2) is 0 Å². The molecule has 1 atom stereocenters. The molecule has 0 aliphatic rings. The molecule has 0 spiro atoms. The van der Waals surface area contributed by atoms with Gasteiger partial charge in [0.05, 0.1) is 0 Å². The van der Waals surface area contributed by atoms with Crippen LogP contribution in [-0.2, 0) is 9.53 Å². The Morgan fingerprint density at radius 2 is 1.44 bits per heavy atom. The third-order valence-corrected chi connectivity index (χ3v) is 4.36. The molecule has 0 aromatic heterocycles. The number of ether oxygens (including phenoxy) is 1. The second-order valence-electron chi connectivity index (χ2n) is 6.90. The molecule has 0 unspecified atom stereocenters. The average Bonchev–Trinajstić information content (AvgIpc) is 2.60. The number of unbranched alkanes of at least 4 members (excludes halogenated alkanes) is 11. The number of aliphatic carboxylic acids is 1. The summed E-state index contributed by atoms with van der Waals surface area (Å²) in [5.74, 6) is 5.58. The molecule has 0 aromatic carbocycles. The van der Waals surface area contributed by atoms with E-state index in [1.165, 1.54) is 64.2 Å². The Morgan fingerprint density at radius 3 is 2.04 bits per heavy atom. The number of carboxylic acid groups (broad SMARTS) is 1. The second kappa shape index (κ2) is 19.3. The summed E-state index contributed by atoms with van der Waals surface area (Å²) in [5.41, 5.74) is 0. The summed E-state index contributed by atoms with van der Waals surface area (Å²) in [5, 5.41) is 8.86. The van der Waals surface area contributed by atoms with E-state index in [0.29, 0.717) is 13.0 Å². The lowest BCUT2D eigenvalue weighted by molar-refractivity contribution is -0.137. The van der Waals surface area contributed by atoms with Crippen LogP contribution in [0.25, 0.3) is 0 Å². The van der Waals surface area contributed by atoms with Crippen molar-refractivity contribution in [1.82, 2.24) is 0 Å². The van der Waals surface area contributed by atoms with E-state index in [2.05, 4.69) is 25.7 Å². The van der Waals surface area contributed by atoms with Crippen LogP contribution < -0.4 is 0 Å². The van der Waals surface area contributed by atoms with E-state index in [4.69, 9.17) is 9.84 Å². The number of carboxylic acids is 1. The third-order valence-electron chi connectivity index (χ3n) is 4.36. The molecule has 0 bridgehead atoms. The first-order valence-electron chi connectivity index (χ1n) is 10.5. The number of hydrogen-bond acceptors (Lipinski definition) is 2.